The van der Waals surface area contributed by atoms with Gasteiger partial charge in [0.25, 0.3) is 23.5 Å². The van der Waals surface area contributed by atoms with E-state index >= 15 is 0 Å². The second-order valence-electron chi connectivity index (χ2n) is 14.3. The van der Waals surface area contributed by atoms with Crippen LogP contribution in [-0.2, 0) is 54.7 Å². The van der Waals surface area contributed by atoms with E-state index in [2.05, 4.69) is 18.2 Å². The van der Waals surface area contributed by atoms with Crippen LogP contribution < -0.4 is 24.9 Å². The lowest BCUT2D eigenvalue weighted by atomic mass is 10.1. The molecule has 4 heterocycles. The van der Waals surface area contributed by atoms with Gasteiger partial charge in [-0.15, -0.1) is 0 Å². The molecule has 2 saturated heterocycles. The minimum absolute atomic E-state index is 0.0107. The van der Waals surface area contributed by atoms with Gasteiger partial charge >= 0.3 is 6.03 Å². The molecule has 2 aromatic carbocycles. The number of carbonyl (C=O) groups is 1. The molecule has 2 amide bonds. The van der Waals surface area contributed by atoms with E-state index in [4.69, 9.17) is 23.5 Å². The number of nitrogens with one attached hydrogen (secondary N) is 1. The summed E-state index contributed by atoms with van der Waals surface area (Å²) in [5.41, 5.74) is 1.35. The van der Waals surface area contributed by atoms with Gasteiger partial charge in [-0.2, -0.15) is 0 Å². The van der Waals surface area contributed by atoms with Crippen LogP contribution in [0, 0.1) is 5.92 Å². The number of ether oxygens (including phenoxy) is 4. The van der Waals surface area contributed by atoms with Crippen LogP contribution in [-0.4, -0.2) is 59.8 Å². The Kier molecular flexibility index (Phi) is 10.8. The molecular weight excluding hydrogens is 796 g/mol. The molecule has 10 atom stereocenters. The Labute approximate surface area is 309 Å². The van der Waals surface area contributed by atoms with Gasteiger partial charge in [-0.1, -0.05) is 70.0 Å². The van der Waals surface area contributed by atoms with Crippen LogP contribution in [0.4, 0.5) is 4.79 Å². The van der Waals surface area contributed by atoms with Crippen LogP contribution in [0.1, 0.15) is 52.0 Å². The number of urea groups is 1. The highest BCUT2D eigenvalue weighted by atomic mass is 31.3. The van der Waals surface area contributed by atoms with Gasteiger partial charge in [0.15, 0.2) is 12.5 Å². The molecule has 0 radical (unpaired) electrons. The van der Waals surface area contributed by atoms with Gasteiger partial charge in [0.2, 0.25) is 6.23 Å². The van der Waals surface area contributed by atoms with Crippen molar-refractivity contribution < 1.29 is 79.0 Å². The molecule has 4 aliphatic heterocycles. The molecule has 0 spiro atoms. The zero-order chi connectivity index (χ0) is 38.8. The summed E-state index contributed by atoms with van der Waals surface area (Å²) in [4.78, 5) is 63.8. The first kappa shape index (κ1) is 39.9. The van der Waals surface area contributed by atoms with E-state index in [9.17, 15) is 42.6 Å². The highest BCUT2D eigenvalue weighted by molar-refractivity contribution is 7.69. The Morgan fingerprint density at radius 1 is 0.852 bits per heavy atom. The van der Waals surface area contributed by atoms with Gasteiger partial charge in [-0.05, 0) is 35.8 Å². The maximum atomic E-state index is 13.5. The molecule has 23 heteroatoms. The third-order valence-corrected chi connectivity index (χ3v) is 16.4. The quantitative estimate of drug-likeness (QED) is 0.301. The van der Waals surface area contributed by atoms with Crippen LogP contribution in [0.25, 0.3) is 16.5 Å². The van der Waals surface area contributed by atoms with Gasteiger partial charge in [0, 0.05) is 28.4 Å². The summed E-state index contributed by atoms with van der Waals surface area (Å²) in [7, 11) is -23.8. The molecule has 2 aromatic rings. The topological polar surface area (TPSA) is 267 Å². The summed E-state index contributed by atoms with van der Waals surface area (Å²) in [5, 5.41) is 3.01. The monoisotopic (exact) mass is 832 g/mol. The molecule has 296 valence electrons. The average Bonchev–Trinajstić information content (AvgIpc) is 3.86. The van der Waals surface area contributed by atoms with E-state index in [-0.39, 0.29) is 5.92 Å². The van der Waals surface area contributed by atoms with E-state index in [0.29, 0.717) is 11.3 Å². The summed E-state index contributed by atoms with van der Waals surface area (Å²) < 4.78 is 89.9. The number of rotatable bonds is 12. The molecule has 0 aromatic heterocycles. The Morgan fingerprint density at radius 2 is 1.50 bits per heavy atom. The van der Waals surface area contributed by atoms with Crippen LogP contribution in [0.15, 0.2) is 60.3 Å². The molecule has 3 fully saturated rings. The molecule has 7 unspecified atom stereocenters. The van der Waals surface area contributed by atoms with E-state index in [1.54, 1.807) is 6.08 Å². The summed E-state index contributed by atoms with van der Waals surface area (Å²) >= 11 is 0. The van der Waals surface area contributed by atoms with Crippen LogP contribution >= 0.6 is 31.1 Å². The van der Waals surface area contributed by atoms with Crippen molar-refractivity contribution >= 4 is 53.6 Å². The lowest BCUT2D eigenvalue weighted by Crippen LogP contribution is -2.54. The van der Waals surface area contributed by atoms with Crippen molar-refractivity contribution in [2.75, 3.05) is 6.61 Å². The van der Waals surface area contributed by atoms with Crippen molar-refractivity contribution in [1.82, 2.24) is 10.2 Å². The molecule has 54 heavy (non-hydrogen) atoms. The number of carbonyl (C=O) groups excluding carboxylic acids is 1. The molecule has 7 rings (SSSR count). The largest absolute Gasteiger partial charge is 0.778 e. The first-order valence-corrected chi connectivity index (χ1v) is 22.8. The van der Waals surface area contributed by atoms with E-state index in [1.807, 2.05) is 42.5 Å². The van der Waals surface area contributed by atoms with E-state index < -0.39 is 85.9 Å². The van der Waals surface area contributed by atoms with Crippen LogP contribution in [0.2, 0.25) is 0 Å². The molecule has 0 bridgehead atoms. The molecule has 1 N–H and O–H groups in total. The van der Waals surface area contributed by atoms with Crippen molar-refractivity contribution in [2.24, 2.45) is 5.92 Å². The summed E-state index contributed by atoms with van der Waals surface area (Å²) in [5.74, 6) is 0.524. The van der Waals surface area contributed by atoms with Crippen LogP contribution in [0.3, 0.4) is 0 Å². The van der Waals surface area contributed by atoms with Crippen LogP contribution in [0.5, 0.6) is 0 Å². The lowest BCUT2D eigenvalue weighted by molar-refractivity contribution is -0.252. The smallest absolute Gasteiger partial charge is 0.326 e. The van der Waals surface area contributed by atoms with Crippen molar-refractivity contribution in [3.05, 3.63) is 65.9 Å². The second kappa shape index (κ2) is 14.6. The van der Waals surface area contributed by atoms with Crippen molar-refractivity contribution in [3.63, 3.8) is 0 Å². The molecular formula is C31H36N2O17P4-4. The van der Waals surface area contributed by atoms with Crippen molar-refractivity contribution in [3.8, 4) is 0 Å². The predicted molar refractivity (Wildman–Crippen MR) is 179 cm³/mol. The van der Waals surface area contributed by atoms with Gasteiger partial charge in [-0.25, -0.2) is 13.4 Å². The predicted octanol–water partition coefficient (Wildman–Crippen LogP) is 3.29. The van der Waals surface area contributed by atoms with Crippen molar-refractivity contribution in [2.45, 2.75) is 88.7 Å². The van der Waals surface area contributed by atoms with Gasteiger partial charge in [-0.3, -0.25) is 28.2 Å². The third kappa shape index (κ3) is 8.52. The number of hydrogen-bond acceptors (Lipinski definition) is 17. The minimum Gasteiger partial charge on any atom is -0.778 e. The minimum atomic E-state index is -6.37. The number of phosphoric ester groups is 1. The molecule has 1 saturated carbocycles. The Balaban J connectivity index is 1.06. The molecule has 19 nitrogen and oxygen atoms in total. The molecule has 1 aliphatic carbocycles. The Hall–Kier alpha value is -2.27. The lowest BCUT2D eigenvalue weighted by Gasteiger charge is -2.41. The Morgan fingerprint density at radius 3 is 2.20 bits per heavy atom. The normalized spacial score (nSPS) is 31.7. The first-order valence-electron chi connectivity index (χ1n) is 16.9. The van der Waals surface area contributed by atoms with Crippen molar-refractivity contribution in [1.29, 1.82) is 0 Å². The number of hydrogen-bond donors (Lipinski definition) is 1. The third-order valence-electron chi connectivity index (χ3n) is 9.41. The maximum absolute atomic E-state index is 13.5. The number of amides is 2. The summed E-state index contributed by atoms with van der Waals surface area (Å²) in [6.45, 7) is 2.26. The number of fused-ring (bicyclic) bond motifs is 3. The first-order chi connectivity index (χ1) is 25.2. The zero-order valence-corrected chi connectivity index (χ0v) is 32.5. The van der Waals surface area contributed by atoms with Gasteiger partial charge in [0.05, 0.1) is 6.61 Å². The summed E-state index contributed by atoms with van der Waals surface area (Å²) in [6, 6.07) is 13.0. The van der Waals surface area contributed by atoms with E-state index in [1.165, 1.54) is 11.1 Å². The highest BCUT2D eigenvalue weighted by Crippen LogP contribution is 2.69. The maximum Gasteiger partial charge on any atom is 0.326 e. The highest BCUT2D eigenvalue weighted by Gasteiger charge is 2.57. The van der Waals surface area contributed by atoms with E-state index in [0.717, 1.165) is 62.8 Å². The second-order valence-corrected chi connectivity index (χ2v) is 21.5. The number of nitrogens with zero attached hydrogens (tertiary/aromatic N) is 1. The van der Waals surface area contributed by atoms with Gasteiger partial charge < -0.3 is 47.6 Å². The fourth-order valence-electron chi connectivity index (χ4n) is 6.65. The molecule has 5 aliphatic rings. The fourth-order valence-corrected chi connectivity index (χ4v) is 11.9. The number of phosphoric acid groups is 3. The standard InChI is InChI=1S/C31H40N2O17P4/c1-31(2,3)51(35,36)48-53(39,40)50-54(41,42)49-52(37,38)43-17-24-25-26(47-29(46-25)19-9-5-6-10-19)28(45-24)33-16-22-15-23(44-27(22)32-30(33)34)21-13-12-18-8-4-7-11-20(18)14-21/h4,7-8,11-16,19,24-29H,5-6,9-10,17H2,1-3H3,(H,32,34)(H,35,36)(H,37,38)(H,39,40)(H,41,42)/p-4/t24-,25?,26+,27?,28-,29?/m1/s1. The zero-order valence-electron chi connectivity index (χ0n) is 28.9. The average molecular weight is 833 g/mol. The number of benzene rings is 2. The Bertz CT molecular complexity index is 2070. The fraction of sp³-hybridized carbons (Fsp3) is 0.516. The summed E-state index contributed by atoms with van der Waals surface area (Å²) in [6.07, 6.45) is 0.817. The SMILES string of the molecule is CC(C)(C)P(=O)([O-])OP(=O)([O-])OP(=O)([O-])OP(=O)([O-])OC[C@H]1O[C@@H](N2C=C3C=C(c4ccc5ccccc5c4)OC3NC2=O)[C@H]2OC(C3CCCC3)OC12. The van der Waals surface area contributed by atoms with Gasteiger partial charge in [0.1, 0.15) is 31.7 Å².